The Hall–Kier alpha value is -2.58. The minimum atomic E-state index is 0.140. The Morgan fingerprint density at radius 1 is 1.07 bits per heavy atom. The minimum absolute atomic E-state index is 0.140. The highest BCUT2D eigenvalue weighted by Gasteiger charge is 2.25. The van der Waals surface area contributed by atoms with Crippen LogP contribution in [-0.2, 0) is 6.54 Å². The van der Waals surface area contributed by atoms with E-state index >= 15 is 0 Å². The average Bonchev–Trinajstić information content (AvgIpc) is 3.23. The van der Waals surface area contributed by atoms with E-state index in [2.05, 4.69) is 37.2 Å². The molecule has 1 atom stereocenters. The summed E-state index contributed by atoms with van der Waals surface area (Å²) < 4.78 is 7.60. The van der Waals surface area contributed by atoms with E-state index in [9.17, 15) is 0 Å². The summed E-state index contributed by atoms with van der Waals surface area (Å²) in [7, 11) is 0. The summed E-state index contributed by atoms with van der Waals surface area (Å²) in [6.07, 6.45) is 1.09. The Morgan fingerprint density at radius 3 is 2.64 bits per heavy atom. The number of para-hydroxylation sites is 1. The van der Waals surface area contributed by atoms with Crippen LogP contribution in [0.4, 0.5) is 0 Å². The molecule has 0 N–H and O–H groups in total. The number of oxazole rings is 1. The van der Waals surface area contributed by atoms with Crippen LogP contribution in [0.15, 0.2) is 34.7 Å². The summed E-state index contributed by atoms with van der Waals surface area (Å²) in [5.74, 6) is 2.59. The summed E-state index contributed by atoms with van der Waals surface area (Å²) in [5.41, 5.74) is 1.97. The molecule has 148 valence electrons. The number of hydrogen-bond donors (Lipinski definition) is 0. The van der Waals surface area contributed by atoms with Crippen LogP contribution in [0.1, 0.15) is 42.6 Å². The molecule has 3 heterocycles. The van der Waals surface area contributed by atoms with Crippen molar-refractivity contribution in [2.24, 2.45) is 0 Å². The fraction of sp³-hybridized carbons (Fsp3) is 0.500. The molecule has 28 heavy (non-hydrogen) atoms. The van der Waals surface area contributed by atoms with E-state index in [1.54, 1.807) is 0 Å². The number of aromatic nitrogens is 5. The van der Waals surface area contributed by atoms with Crippen molar-refractivity contribution < 1.29 is 4.42 Å². The topological polar surface area (TPSA) is 76.1 Å². The molecule has 0 bridgehead atoms. The molecule has 0 saturated carbocycles. The number of aryl methyl sites for hydroxylation is 2. The fourth-order valence-corrected chi connectivity index (χ4v) is 3.71. The lowest BCUT2D eigenvalue weighted by molar-refractivity contribution is 0.195. The normalized spacial score (nSPS) is 17.5. The molecular formula is C20H27N7O. The molecule has 3 aromatic rings. The van der Waals surface area contributed by atoms with E-state index in [1.807, 2.05) is 48.9 Å². The SMILES string of the molecule is Cc1nc(CN2CCCN(C(C)c3nnnn3-c3ccccc3)CC2)oc1C. The largest absolute Gasteiger partial charge is 0.444 e. The Bertz CT molecular complexity index is 885. The Kier molecular flexibility index (Phi) is 5.50. The van der Waals surface area contributed by atoms with Crippen LogP contribution in [0.3, 0.4) is 0 Å². The van der Waals surface area contributed by atoms with Crippen molar-refractivity contribution in [1.29, 1.82) is 0 Å². The molecule has 0 radical (unpaired) electrons. The number of nitrogens with zero attached hydrogens (tertiary/aromatic N) is 7. The van der Waals surface area contributed by atoms with Crippen LogP contribution in [0.25, 0.3) is 5.69 Å². The van der Waals surface area contributed by atoms with Gasteiger partial charge in [-0.05, 0) is 56.3 Å². The second kappa shape index (κ2) is 8.20. The van der Waals surface area contributed by atoms with Crippen molar-refractivity contribution in [3.05, 3.63) is 53.5 Å². The summed E-state index contributed by atoms with van der Waals surface area (Å²) in [5, 5.41) is 12.4. The highest BCUT2D eigenvalue weighted by atomic mass is 16.4. The van der Waals surface area contributed by atoms with Crippen molar-refractivity contribution in [1.82, 2.24) is 35.0 Å². The fourth-order valence-electron chi connectivity index (χ4n) is 3.71. The van der Waals surface area contributed by atoms with Gasteiger partial charge in [0.05, 0.1) is 24.0 Å². The number of rotatable bonds is 5. The van der Waals surface area contributed by atoms with Crippen LogP contribution < -0.4 is 0 Å². The van der Waals surface area contributed by atoms with E-state index in [4.69, 9.17) is 4.42 Å². The molecule has 8 nitrogen and oxygen atoms in total. The van der Waals surface area contributed by atoms with E-state index < -0.39 is 0 Å². The molecule has 1 aliphatic rings. The predicted molar refractivity (Wildman–Crippen MR) is 105 cm³/mol. The Balaban J connectivity index is 1.43. The molecule has 0 amide bonds. The molecule has 1 fully saturated rings. The summed E-state index contributed by atoms with van der Waals surface area (Å²) in [6, 6.07) is 10.2. The first-order valence-corrected chi connectivity index (χ1v) is 9.85. The van der Waals surface area contributed by atoms with Gasteiger partial charge in [-0.15, -0.1) is 5.10 Å². The van der Waals surface area contributed by atoms with Crippen LogP contribution in [0, 0.1) is 13.8 Å². The highest BCUT2D eigenvalue weighted by molar-refractivity contribution is 5.30. The van der Waals surface area contributed by atoms with Gasteiger partial charge in [-0.2, -0.15) is 4.68 Å². The minimum Gasteiger partial charge on any atom is -0.444 e. The first-order chi connectivity index (χ1) is 13.6. The molecule has 1 unspecified atom stereocenters. The van der Waals surface area contributed by atoms with Crippen molar-refractivity contribution in [2.75, 3.05) is 26.2 Å². The van der Waals surface area contributed by atoms with Gasteiger partial charge in [-0.3, -0.25) is 9.80 Å². The van der Waals surface area contributed by atoms with Gasteiger partial charge in [0.1, 0.15) is 5.76 Å². The Labute approximate surface area is 165 Å². The van der Waals surface area contributed by atoms with Gasteiger partial charge in [0.2, 0.25) is 5.89 Å². The van der Waals surface area contributed by atoms with Crippen molar-refractivity contribution in [3.8, 4) is 5.69 Å². The van der Waals surface area contributed by atoms with Gasteiger partial charge >= 0.3 is 0 Å². The summed E-state index contributed by atoms with van der Waals surface area (Å²) in [4.78, 5) is 9.39. The van der Waals surface area contributed by atoms with Crippen LogP contribution in [-0.4, -0.2) is 61.2 Å². The van der Waals surface area contributed by atoms with Crippen molar-refractivity contribution in [3.63, 3.8) is 0 Å². The van der Waals surface area contributed by atoms with Gasteiger partial charge in [-0.25, -0.2) is 4.98 Å². The maximum absolute atomic E-state index is 5.76. The van der Waals surface area contributed by atoms with Crippen LogP contribution in [0.2, 0.25) is 0 Å². The quantitative estimate of drug-likeness (QED) is 0.672. The third-order valence-electron chi connectivity index (χ3n) is 5.47. The van der Waals surface area contributed by atoms with Gasteiger partial charge in [0, 0.05) is 19.6 Å². The summed E-state index contributed by atoms with van der Waals surface area (Å²) in [6.45, 7) is 10.9. The van der Waals surface area contributed by atoms with E-state index in [0.29, 0.717) is 0 Å². The Morgan fingerprint density at radius 2 is 1.89 bits per heavy atom. The molecule has 4 rings (SSSR count). The lowest BCUT2D eigenvalue weighted by Gasteiger charge is -2.26. The molecule has 1 aromatic carbocycles. The molecule has 0 aliphatic carbocycles. The molecule has 0 spiro atoms. The molecule has 8 heteroatoms. The lowest BCUT2D eigenvalue weighted by atomic mass is 10.2. The zero-order valence-electron chi connectivity index (χ0n) is 16.7. The number of benzene rings is 1. The number of hydrogen-bond acceptors (Lipinski definition) is 7. The summed E-state index contributed by atoms with van der Waals surface area (Å²) >= 11 is 0. The van der Waals surface area contributed by atoms with Crippen molar-refractivity contribution >= 4 is 0 Å². The smallest absolute Gasteiger partial charge is 0.208 e. The molecular weight excluding hydrogens is 354 g/mol. The second-order valence-corrected chi connectivity index (χ2v) is 7.38. The third kappa shape index (κ3) is 3.98. The van der Waals surface area contributed by atoms with Gasteiger partial charge in [-0.1, -0.05) is 18.2 Å². The predicted octanol–water partition coefficient (Wildman–Crippen LogP) is 2.54. The van der Waals surface area contributed by atoms with Crippen LogP contribution in [0.5, 0.6) is 0 Å². The third-order valence-corrected chi connectivity index (χ3v) is 5.47. The van der Waals surface area contributed by atoms with Crippen molar-refractivity contribution in [2.45, 2.75) is 39.8 Å². The molecule has 1 saturated heterocycles. The molecule has 1 aliphatic heterocycles. The first-order valence-electron chi connectivity index (χ1n) is 9.85. The van der Waals surface area contributed by atoms with E-state index in [0.717, 1.165) is 68.0 Å². The highest BCUT2D eigenvalue weighted by Crippen LogP contribution is 2.22. The second-order valence-electron chi connectivity index (χ2n) is 7.38. The van der Waals surface area contributed by atoms with E-state index in [1.165, 1.54) is 0 Å². The molecule has 2 aromatic heterocycles. The van der Waals surface area contributed by atoms with Gasteiger partial charge in [0.25, 0.3) is 0 Å². The van der Waals surface area contributed by atoms with Crippen LogP contribution >= 0.6 is 0 Å². The first kappa shape index (κ1) is 18.8. The monoisotopic (exact) mass is 381 g/mol. The maximum atomic E-state index is 5.76. The van der Waals surface area contributed by atoms with Gasteiger partial charge in [0.15, 0.2) is 5.82 Å². The average molecular weight is 381 g/mol. The maximum Gasteiger partial charge on any atom is 0.208 e. The zero-order valence-corrected chi connectivity index (χ0v) is 16.7. The zero-order chi connectivity index (χ0) is 19.5. The van der Waals surface area contributed by atoms with Gasteiger partial charge < -0.3 is 4.42 Å². The van der Waals surface area contributed by atoms with E-state index in [-0.39, 0.29) is 6.04 Å². The number of tetrazole rings is 1. The lowest BCUT2D eigenvalue weighted by Crippen LogP contribution is -2.33. The standard InChI is InChI=1S/C20H27N7O/c1-15-17(3)28-19(21-15)14-25-10-7-11-26(13-12-25)16(2)20-22-23-24-27(20)18-8-5-4-6-9-18/h4-6,8-9,16H,7,10-14H2,1-3H3.